The van der Waals surface area contributed by atoms with Gasteiger partial charge in [-0.3, -0.25) is 4.79 Å². The normalized spacial score (nSPS) is 14.5. The van der Waals surface area contributed by atoms with Gasteiger partial charge in [0.1, 0.15) is 18.2 Å². The molecule has 6 nitrogen and oxygen atoms in total. The minimum Gasteiger partial charge on any atom is -0.366 e. The van der Waals surface area contributed by atoms with E-state index in [2.05, 4.69) is 0 Å². The zero-order valence-corrected chi connectivity index (χ0v) is 19.6. The van der Waals surface area contributed by atoms with Crippen LogP contribution in [0.15, 0.2) is 88.8 Å². The molecule has 5 rings (SSSR count). The molecule has 9 heteroatoms. The number of carbonyl (C=O) groups is 1. The number of piperazine rings is 1. The fraction of sp³-hybridized carbons (Fsp3) is 0.192. The average molecular weight is 496 g/mol. The number of nitrogens with zero attached hydrogens (tertiary/aromatic N) is 3. The Balaban J connectivity index is 1.37. The number of carbonyl (C=O) groups excluding carboxylic acids is 1. The lowest BCUT2D eigenvalue weighted by atomic mass is 10.2. The highest BCUT2D eigenvalue weighted by atomic mass is 32.2. The third-order valence-electron chi connectivity index (χ3n) is 6.30. The second-order valence-corrected chi connectivity index (χ2v) is 10.3. The Hall–Kier alpha value is -3.72. The van der Waals surface area contributed by atoms with E-state index in [-0.39, 0.29) is 28.1 Å². The molecule has 1 saturated heterocycles. The molecule has 2 heterocycles. The molecular formula is C26H23F2N3O3S. The van der Waals surface area contributed by atoms with Crippen molar-refractivity contribution >= 4 is 32.3 Å². The first-order chi connectivity index (χ1) is 16.8. The zero-order valence-electron chi connectivity index (χ0n) is 18.8. The van der Waals surface area contributed by atoms with Crippen LogP contribution in [-0.2, 0) is 21.2 Å². The average Bonchev–Trinajstić information content (AvgIpc) is 3.24. The Kier molecular flexibility index (Phi) is 6.02. The van der Waals surface area contributed by atoms with Crippen molar-refractivity contribution in [1.29, 1.82) is 0 Å². The fourth-order valence-corrected chi connectivity index (χ4v) is 5.93. The Morgan fingerprint density at radius 2 is 1.49 bits per heavy atom. The maximum absolute atomic E-state index is 14.1. The summed E-state index contributed by atoms with van der Waals surface area (Å²) >= 11 is 0. The van der Waals surface area contributed by atoms with Gasteiger partial charge >= 0.3 is 0 Å². The van der Waals surface area contributed by atoms with Crippen molar-refractivity contribution in [3.05, 3.63) is 90.6 Å². The lowest BCUT2D eigenvalue weighted by Crippen LogP contribution is -2.49. The van der Waals surface area contributed by atoms with E-state index in [0.717, 1.165) is 12.1 Å². The van der Waals surface area contributed by atoms with Crippen molar-refractivity contribution < 1.29 is 22.0 Å². The highest BCUT2D eigenvalue weighted by Gasteiger charge is 2.26. The molecule has 0 saturated carbocycles. The summed E-state index contributed by atoms with van der Waals surface area (Å²) in [5.41, 5.74) is 1.14. The molecule has 180 valence electrons. The monoisotopic (exact) mass is 495 g/mol. The minimum atomic E-state index is -3.92. The first kappa shape index (κ1) is 23.0. The molecule has 0 atom stereocenters. The van der Waals surface area contributed by atoms with Gasteiger partial charge in [-0.2, -0.15) is 0 Å². The summed E-state index contributed by atoms with van der Waals surface area (Å²) in [6.07, 6.45) is 1.47. The Labute approximate surface area is 201 Å². The molecular weight excluding hydrogens is 472 g/mol. The largest absolute Gasteiger partial charge is 0.366 e. The molecule has 1 aliphatic rings. The van der Waals surface area contributed by atoms with E-state index in [1.54, 1.807) is 51.9 Å². The maximum Gasteiger partial charge on any atom is 0.242 e. The van der Waals surface area contributed by atoms with Crippen molar-refractivity contribution in [2.24, 2.45) is 0 Å². The summed E-state index contributed by atoms with van der Waals surface area (Å²) in [4.78, 5) is 16.8. The van der Waals surface area contributed by atoms with E-state index < -0.39 is 15.7 Å². The Bertz CT molecular complexity index is 1490. The van der Waals surface area contributed by atoms with Crippen LogP contribution in [0.3, 0.4) is 0 Å². The first-order valence-corrected chi connectivity index (χ1v) is 12.7. The summed E-state index contributed by atoms with van der Waals surface area (Å²) in [6, 6.07) is 18.2. The van der Waals surface area contributed by atoms with Crippen LogP contribution in [0.4, 0.5) is 14.5 Å². The van der Waals surface area contributed by atoms with Crippen molar-refractivity contribution in [3.63, 3.8) is 0 Å². The van der Waals surface area contributed by atoms with E-state index in [1.807, 2.05) is 4.90 Å². The molecule has 35 heavy (non-hydrogen) atoms. The second-order valence-electron chi connectivity index (χ2n) is 8.42. The van der Waals surface area contributed by atoms with E-state index in [9.17, 15) is 22.0 Å². The van der Waals surface area contributed by atoms with Crippen molar-refractivity contribution in [2.45, 2.75) is 16.3 Å². The SMILES string of the molecule is O=C(Cn1cc(S(=O)(=O)c2ccc(F)cc2)c2ccccc21)N1CCN(c2ccccc2F)CC1. The molecule has 0 bridgehead atoms. The number of hydrogen-bond acceptors (Lipinski definition) is 4. The molecule has 1 aromatic heterocycles. The molecule has 0 unspecified atom stereocenters. The number of para-hydroxylation sites is 2. The number of halogens is 2. The predicted molar refractivity (Wildman–Crippen MR) is 129 cm³/mol. The topological polar surface area (TPSA) is 62.6 Å². The molecule has 0 N–H and O–H groups in total. The highest BCUT2D eigenvalue weighted by Crippen LogP contribution is 2.30. The highest BCUT2D eigenvalue weighted by molar-refractivity contribution is 7.91. The number of benzene rings is 3. The van der Waals surface area contributed by atoms with Gasteiger partial charge in [-0.15, -0.1) is 0 Å². The van der Waals surface area contributed by atoms with E-state index in [0.29, 0.717) is 42.8 Å². The van der Waals surface area contributed by atoms with Gasteiger partial charge in [-0.25, -0.2) is 17.2 Å². The van der Waals surface area contributed by atoms with Crippen molar-refractivity contribution in [3.8, 4) is 0 Å². The van der Waals surface area contributed by atoms with Crippen LogP contribution >= 0.6 is 0 Å². The van der Waals surface area contributed by atoms with E-state index >= 15 is 0 Å². The molecule has 0 spiro atoms. The number of amides is 1. The van der Waals surface area contributed by atoms with E-state index in [4.69, 9.17) is 0 Å². The van der Waals surface area contributed by atoms with Crippen LogP contribution < -0.4 is 4.90 Å². The molecule has 3 aromatic carbocycles. The first-order valence-electron chi connectivity index (χ1n) is 11.2. The maximum atomic E-state index is 14.1. The molecule has 0 radical (unpaired) electrons. The summed E-state index contributed by atoms with van der Waals surface area (Å²) in [5.74, 6) is -0.960. The molecule has 0 aliphatic carbocycles. The quantitative estimate of drug-likeness (QED) is 0.391. The molecule has 1 amide bonds. The summed E-state index contributed by atoms with van der Waals surface area (Å²) in [6.45, 7) is 1.85. The fourth-order valence-electron chi connectivity index (χ4n) is 4.45. The van der Waals surface area contributed by atoms with Crippen LogP contribution in [0.5, 0.6) is 0 Å². The van der Waals surface area contributed by atoms with Gasteiger partial charge in [0.2, 0.25) is 15.7 Å². The third-order valence-corrected chi connectivity index (χ3v) is 8.09. The Morgan fingerprint density at radius 3 is 2.20 bits per heavy atom. The van der Waals surface area contributed by atoms with E-state index in [1.165, 1.54) is 24.4 Å². The van der Waals surface area contributed by atoms with Crippen molar-refractivity contribution in [2.75, 3.05) is 31.1 Å². The smallest absolute Gasteiger partial charge is 0.242 e. The van der Waals surface area contributed by atoms with Crippen LogP contribution in [0.25, 0.3) is 10.9 Å². The Morgan fingerprint density at radius 1 is 0.829 bits per heavy atom. The van der Waals surface area contributed by atoms with Gasteiger partial charge in [-0.1, -0.05) is 30.3 Å². The van der Waals surface area contributed by atoms with Crippen molar-refractivity contribution in [1.82, 2.24) is 9.47 Å². The molecule has 4 aromatic rings. The van der Waals surface area contributed by atoms with Crippen LogP contribution in [-0.4, -0.2) is 50.0 Å². The number of fused-ring (bicyclic) bond motifs is 1. The van der Waals surface area contributed by atoms with Crippen LogP contribution in [0.1, 0.15) is 0 Å². The molecule has 1 aliphatic heterocycles. The number of hydrogen-bond donors (Lipinski definition) is 0. The number of rotatable bonds is 5. The zero-order chi connectivity index (χ0) is 24.6. The predicted octanol–water partition coefficient (Wildman–Crippen LogP) is 4.10. The second kappa shape index (κ2) is 9.14. The number of aromatic nitrogens is 1. The van der Waals surface area contributed by atoms with Crippen LogP contribution in [0, 0.1) is 11.6 Å². The standard InChI is InChI=1S/C26H23F2N3O3S/c27-19-9-11-20(12-10-19)35(33,34)25-17-31(23-7-3-1-5-21(23)25)18-26(32)30-15-13-29(14-16-30)24-8-4-2-6-22(24)28/h1-12,17H,13-16,18H2. The summed E-state index contributed by atoms with van der Waals surface area (Å²) in [5, 5.41) is 0.494. The lowest BCUT2D eigenvalue weighted by molar-refractivity contribution is -0.132. The third kappa shape index (κ3) is 4.39. The van der Waals surface area contributed by atoms with Gasteiger partial charge < -0.3 is 14.4 Å². The summed E-state index contributed by atoms with van der Waals surface area (Å²) < 4.78 is 55.7. The lowest BCUT2D eigenvalue weighted by Gasteiger charge is -2.36. The number of sulfone groups is 1. The van der Waals surface area contributed by atoms with Gasteiger partial charge in [0.15, 0.2) is 0 Å². The molecule has 1 fully saturated rings. The van der Waals surface area contributed by atoms with Gasteiger partial charge in [0.05, 0.1) is 15.5 Å². The number of anilines is 1. The van der Waals surface area contributed by atoms with Gasteiger partial charge in [-0.05, 0) is 42.5 Å². The summed E-state index contributed by atoms with van der Waals surface area (Å²) in [7, 11) is -3.92. The minimum absolute atomic E-state index is 0.0163. The van der Waals surface area contributed by atoms with Gasteiger partial charge in [0.25, 0.3) is 0 Å². The van der Waals surface area contributed by atoms with Gasteiger partial charge in [0, 0.05) is 43.3 Å². The van der Waals surface area contributed by atoms with Crippen LogP contribution in [0.2, 0.25) is 0 Å².